The van der Waals surface area contributed by atoms with E-state index in [1.807, 2.05) is 23.1 Å². The van der Waals surface area contributed by atoms with Gasteiger partial charge in [-0.15, -0.1) is 0 Å². The molecule has 2 aliphatic rings. The number of rotatable bonds is 3. The molecule has 5 rings (SSSR count). The van der Waals surface area contributed by atoms with E-state index in [1.165, 1.54) is 6.07 Å². The Hall–Kier alpha value is -2.87. The number of H-pyrrole nitrogens is 1. The number of aromatic nitrogens is 2. The van der Waals surface area contributed by atoms with Crippen LogP contribution < -0.4 is 0 Å². The standard InChI is InChI=1S/C22H21BrN4O3/c23-15-5-4-13-10-27(11-14(13)7-15)22(30)17-8-16-18(9-20(17)28)24-25-19(16)12-26-6-2-1-3-21(26)29/h4-5,7-9,28H,1-3,6,10-12H2,(H,24,25). The fourth-order valence-electron chi connectivity index (χ4n) is 4.29. The number of carbonyl (C=O) groups excluding carboxylic acids is 2. The minimum atomic E-state index is -0.220. The number of piperidine rings is 1. The van der Waals surface area contributed by atoms with Crippen LogP contribution in [0.1, 0.15) is 46.4 Å². The summed E-state index contributed by atoms with van der Waals surface area (Å²) >= 11 is 3.47. The number of phenols is 1. The molecule has 0 saturated carbocycles. The maximum absolute atomic E-state index is 13.2. The van der Waals surface area contributed by atoms with E-state index in [-0.39, 0.29) is 23.1 Å². The van der Waals surface area contributed by atoms with Gasteiger partial charge in [-0.2, -0.15) is 5.10 Å². The molecule has 0 radical (unpaired) electrons. The highest BCUT2D eigenvalue weighted by Gasteiger charge is 2.27. The lowest BCUT2D eigenvalue weighted by Crippen LogP contribution is -2.34. The molecule has 2 aromatic carbocycles. The van der Waals surface area contributed by atoms with Crippen LogP contribution in [0.15, 0.2) is 34.8 Å². The van der Waals surface area contributed by atoms with Crippen molar-refractivity contribution in [2.45, 2.75) is 38.9 Å². The zero-order valence-electron chi connectivity index (χ0n) is 16.3. The molecular formula is C22H21BrN4O3. The van der Waals surface area contributed by atoms with E-state index >= 15 is 0 Å². The van der Waals surface area contributed by atoms with Gasteiger partial charge in [-0.1, -0.05) is 22.0 Å². The highest BCUT2D eigenvalue weighted by atomic mass is 79.9. The van der Waals surface area contributed by atoms with Crippen molar-refractivity contribution in [3.8, 4) is 5.75 Å². The van der Waals surface area contributed by atoms with Gasteiger partial charge in [0.15, 0.2) is 0 Å². The molecule has 1 fully saturated rings. The molecule has 2 aliphatic heterocycles. The molecule has 3 aromatic rings. The van der Waals surface area contributed by atoms with Crippen LogP contribution in [0.5, 0.6) is 5.75 Å². The number of carbonyl (C=O) groups is 2. The summed E-state index contributed by atoms with van der Waals surface area (Å²) in [7, 11) is 0. The van der Waals surface area contributed by atoms with Gasteiger partial charge in [-0.3, -0.25) is 14.7 Å². The molecule has 0 spiro atoms. The van der Waals surface area contributed by atoms with Crippen LogP contribution in [0, 0.1) is 0 Å². The minimum absolute atomic E-state index is 0.0751. The van der Waals surface area contributed by atoms with Crippen molar-refractivity contribution in [1.29, 1.82) is 0 Å². The Kier molecular flexibility index (Phi) is 4.73. The normalized spacial score (nSPS) is 16.4. The van der Waals surface area contributed by atoms with Crippen LogP contribution in [-0.2, 0) is 24.4 Å². The molecule has 0 aliphatic carbocycles. The predicted molar refractivity (Wildman–Crippen MR) is 115 cm³/mol. The SMILES string of the molecule is O=C1CCCCN1Cc1n[nH]c2cc(O)c(C(=O)N3Cc4ccc(Br)cc4C3)cc12. The molecule has 7 nitrogen and oxygen atoms in total. The number of amides is 2. The first-order chi connectivity index (χ1) is 14.5. The zero-order chi connectivity index (χ0) is 20.8. The average molecular weight is 469 g/mol. The highest BCUT2D eigenvalue weighted by molar-refractivity contribution is 9.10. The summed E-state index contributed by atoms with van der Waals surface area (Å²) in [6.07, 6.45) is 2.49. The summed E-state index contributed by atoms with van der Waals surface area (Å²) in [6, 6.07) is 9.24. The van der Waals surface area contributed by atoms with Crippen LogP contribution in [0.2, 0.25) is 0 Å². The molecule has 0 bridgehead atoms. The van der Waals surface area contributed by atoms with E-state index in [0.29, 0.717) is 37.3 Å². The number of hydrogen-bond donors (Lipinski definition) is 2. The van der Waals surface area contributed by atoms with E-state index in [2.05, 4.69) is 26.1 Å². The summed E-state index contributed by atoms with van der Waals surface area (Å²) in [5, 5.41) is 18.5. The van der Waals surface area contributed by atoms with Gasteiger partial charge in [0, 0.05) is 42.0 Å². The first-order valence-corrected chi connectivity index (χ1v) is 10.8. The van der Waals surface area contributed by atoms with Gasteiger partial charge in [0.05, 0.1) is 23.3 Å². The second kappa shape index (κ2) is 7.43. The number of nitrogens with zero attached hydrogens (tertiary/aromatic N) is 3. The van der Waals surface area contributed by atoms with Crippen LogP contribution in [0.25, 0.3) is 10.9 Å². The summed E-state index contributed by atoms with van der Waals surface area (Å²) < 4.78 is 0.982. The average Bonchev–Trinajstić information content (AvgIpc) is 3.32. The largest absolute Gasteiger partial charge is 0.507 e. The number of nitrogens with one attached hydrogen (secondary N) is 1. The fourth-order valence-corrected chi connectivity index (χ4v) is 4.69. The quantitative estimate of drug-likeness (QED) is 0.613. The number of aromatic hydroxyl groups is 1. The Labute approximate surface area is 181 Å². The van der Waals surface area contributed by atoms with Crippen molar-refractivity contribution in [1.82, 2.24) is 20.0 Å². The lowest BCUT2D eigenvalue weighted by atomic mass is 10.1. The molecule has 3 heterocycles. The van der Waals surface area contributed by atoms with Crippen LogP contribution in [0.4, 0.5) is 0 Å². The first-order valence-electron chi connectivity index (χ1n) is 10.0. The van der Waals surface area contributed by atoms with Gasteiger partial charge >= 0.3 is 0 Å². The smallest absolute Gasteiger partial charge is 0.258 e. The Bertz CT molecular complexity index is 1170. The highest BCUT2D eigenvalue weighted by Crippen LogP contribution is 2.32. The lowest BCUT2D eigenvalue weighted by molar-refractivity contribution is -0.133. The maximum Gasteiger partial charge on any atom is 0.258 e. The third kappa shape index (κ3) is 3.35. The minimum Gasteiger partial charge on any atom is -0.507 e. The van der Waals surface area contributed by atoms with E-state index in [4.69, 9.17) is 0 Å². The second-order valence-corrected chi connectivity index (χ2v) is 8.85. The van der Waals surface area contributed by atoms with Crippen molar-refractivity contribution in [3.05, 3.63) is 57.2 Å². The number of likely N-dealkylation sites (tertiary alicyclic amines) is 1. The van der Waals surface area contributed by atoms with Gasteiger partial charge in [0.1, 0.15) is 5.75 Å². The molecule has 2 N–H and O–H groups in total. The van der Waals surface area contributed by atoms with Crippen LogP contribution >= 0.6 is 15.9 Å². The number of halogens is 1. The van der Waals surface area contributed by atoms with E-state index in [9.17, 15) is 14.7 Å². The third-order valence-electron chi connectivity index (χ3n) is 5.93. The van der Waals surface area contributed by atoms with E-state index in [1.54, 1.807) is 11.0 Å². The first kappa shape index (κ1) is 19.1. The van der Waals surface area contributed by atoms with Gasteiger partial charge in [0.25, 0.3) is 5.91 Å². The molecule has 1 aromatic heterocycles. The Balaban J connectivity index is 1.44. The molecule has 8 heteroatoms. The molecule has 2 amide bonds. The summed E-state index contributed by atoms with van der Waals surface area (Å²) in [5.74, 6) is -0.162. The van der Waals surface area contributed by atoms with Crippen molar-refractivity contribution in [2.24, 2.45) is 0 Å². The molecule has 0 atom stereocenters. The summed E-state index contributed by atoms with van der Waals surface area (Å²) in [5.41, 5.74) is 3.83. The molecule has 154 valence electrons. The number of phenolic OH excluding ortho intramolecular Hbond substituents is 1. The molecule has 0 unspecified atom stereocenters. The van der Waals surface area contributed by atoms with Crippen LogP contribution in [-0.4, -0.2) is 43.5 Å². The van der Waals surface area contributed by atoms with Gasteiger partial charge < -0.3 is 14.9 Å². The predicted octanol–water partition coefficient (Wildman–Crippen LogP) is 3.70. The lowest BCUT2D eigenvalue weighted by Gasteiger charge is -2.26. The number of hydrogen-bond acceptors (Lipinski definition) is 4. The topological polar surface area (TPSA) is 89.5 Å². The van der Waals surface area contributed by atoms with Gasteiger partial charge in [-0.25, -0.2) is 0 Å². The summed E-state index contributed by atoms with van der Waals surface area (Å²) in [4.78, 5) is 28.9. The second-order valence-electron chi connectivity index (χ2n) is 7.93. The third-order valence-corrected chi connectivity index (χ3v) is 6.42. The number of fused-ring (bicyclic) bond motifs is 2. The maximum atomic E-state index is 13.2. The zero-order valence-corrected chi connectivity index (χ0v) is 17.9. The monoisotopic (exact) mass is 468 g/mol. The van der Waals surface area contributed by atoms with Crippen molar-refractivity contribution in [3.63, 3.8) is 0 Å². The van der Waals surface area contributed by atoms with Gasteiger partial charge in [-0.05, 0) is 42.2 Å². The van der Waals surface area contributed by atoms with E-state index < -0.39 is 0 Å². The van der Waals surface area contributed by atoms with Crippen LogP contribution in [0.3, 0.4) is 0 Å². The van der Waals surface area contributed by atoms with Gasteiger partial charge in [0.2, 0.25) is 5.91 Å². The Morgan fingerprint density at radius 1 is 1.17 bits per heavy atom. The molecule has 1 saturated heterocycles. The Morgan fingerprint density at radius 2 is 2.00 bits per heavy atom. The molecular weight excluding hydrogens is 448 g/mol. The fraction of sp³-hybridized carbons (Fsp3) is 0.318. The Morgan fingerprint density at radius 3 is 2.83 bits per heavy atom. The van der Waals surface area contributed by atoms with Crippen molar-refractivity contribution < 1.29 is 14.7 Å². The summed E-state index contributed by atoms with van der Waals surface area (Å²) in [6.45, 7) is 2.14. The number of aromatic amines is 1. The van der Waals surface area contributed by atoms with Crippen molar-refractivity contribution in [2.75, 3.05) is 6.54 Å². The van der Waals surface area contributed by atoms with E-state index in [0.717, 1.165) is 40.4 Å². The number of benzene rings is 2. The molecule has 30 heavy (non-hydrogen) atoms. The van der Waals surface area contributed by atoms with Crippen molar-refractivity contribution >= 4 is 38.6 Å².